The lowest BCUT2D eigenvalue weighted by Crippen LogP contribution is -2.33. The van der Waals surface area contributed by atoms with Crippen LogP contribution in [0.3, 0.4) is 0 Å². The Bertz CT molecular complexity index is 570. The predicted molar refractivity (Wildman–Crippen MR) is 74.3 cm³/mol. The van der Waals surface area contributed by atoms with Crippen LogP contribution in [0, 0.1) is 0 Å². The second kappa shape index (κ2) is 6.20. The van der Waals surface area contributed by atoms with Crippen LogP contribution in [0.15, 0.2) is 54.6 Å². The first-order valence-electron chi connectivity index (χ1n) is 6.39. The molecule has 0 saturated heterocycles. The van der Waals surface area contributed by atoms with Crippen LogP contribution in [-0.2, 0) is 0 Å². The second-order valence-corrected chi connectivity index (χ2v) is 4.66. The van der Waals surface area contributed by atoms with Crippen LogP contribution in [0.2, 0.25) is 0 Å². The largest absolute Gasteiger partial charge is 0.497 e. The summed E-state index contributed by atoms with van der Waals surface area (Å²) in [5, 5.41) is 19.7. The number of methoxy groups -OCH3 is 1. The van der Waals surface area contributed by atoms with Crippen molar-refractivity contribution in [2.45, 2.75) is 18.1 Å². The average Bonchev–Trinajstić information content (AvgIpc) is 2.54. The minimum Gasteiger partial charge on any atom is -0.497 e. The molecule has 5 heteroatoms. The van der Waals surface area contributed by atoms with Crippen molar-refractivity contribution in [1.29, 1.82) is 0 Å². The zero-order chi connectivity index (χ0) is 15.5. The van der Waals surface area contributed by atoms with Gasteiger partial charge in [-0.05, 0) is 23.3 Å². The van der Waals surface area contributed by atoms with Gasteiger partial charge >= 0.3 is 5.92 Å². The molecule has 2 N–H and O–H groups in total. The molecule has 0 aliphatic heterocycles. The Morgan fingerprint density at radius 2 is 1.33 bits per heavy atom. The molecule has 3 nitrogen and oxygen atoms in total. The Morgan fingerprint density at radius 1 is 0.857 bits per heavy atom. The predicted octanol–water partition coefficient (Wildman–Crippen LogP) is 3.10. The van der Waals surface area contributed by atoms with Crippen molar-refractivity contribution < 1.29 is 23.7 Å². The molecule has 112 valence electrons. The third kappa shape index (κ3) is 3.20. The number of halogens is 2. The van der Waals surface area contributed by atoms with Gasteiger partial charge < -0.3 is 14.9 Å². The van der Waals surface area contributed by atoms with E-state index < -0.39 is 18.1 Å². The number of alkyl halides is 2. The van der Waals surface area contributed by atoms with E-state index >= 15 is 0 Å². The van der Waals surface area contributed by atoms with Gasteiger partial charge in [0.2, 0.25) is 0 Å². The van der Waals surface area contributed by atoms with Gasteiger partial charge in [-0.3, -0.25) is 0 Å². The Hall–Kier alpha value is -1.98. The van der Waals surface area contributed by atoms with E-state index in [4.69, 9.17) is 4.74 Å². The fourth-order valence-electron chi connectivity index (χ4n) is 2.02. The third-order valence-corrected chi connectivity index (χ3v) is 3.28. The molecule has 2 atom stereocenters. The molecular weight excluding hydrogens is 278 g/mol. The van der Waals surface area contributed by atoms with E-state index in [-0.39, 0.29) is 11.1 Å². The minimum absolute atomic E-state index is 0.00998. The van der Waals surface area contributed by atoms with Crippen LogP contribution in [0.25, 0.3) is 0 Å². The maximum absolute atomic E-state index is 14.2. The summed E-state index contributed by atoms with van der Waals surface area (Å²) in [6, 6.07) is 13.2. The molecular formula is C16H16F2O3. The molecule has 0 radical (unpaired) electrons. The van der Waals surface area contributed by atoms with E-state index in [0.717, 1.165) is 0 Å². The van der Waals surface area contributed by atoms with Gasteiger partial charge in [-0.15, -0.1) is 0 Å². The highest BCUT2D eigenvalue weighted by Gasteiger charge is 2.47. The molecule has 2 aromatic carbocycles. The van der Waals surface area contributed by atoms with E-state index in [2.05, 4.69) is 0 Å². The molecule has 0 heterocycles. The summed E-state index contributed by atoms with van der Waals surface area (Å²) in [6.45, 7) is 0. The van der Waals surface area contributed by atoms with Gasteiger partial charge in [0.1, 0.15) is 18.0 Å². The summed E-state index contributed by atoms with van der Waals surface area (Å²) in [5.41, 5.74) is 0.0610. The van der Waals surface area contributed by atoms with Gasteiger partial charge in [0, 0.05) is 0 Å². The fourth-order valence-corrected chi connectivity index (χ4v) is 2.02. The number of rotatable bonds is 5. The van der Waals surface area contributed by atoms with Gasteiger partial charge in [0.05, 0.1) is 7.11 Å². The maximum atomic E-state index is 14.2. The zero-order valence-corrected chi connectivity index (χ0v) is 11.4. The number of hydrogen-bond acceptors (Lipinski definition) is 3. The summed E-state index contributed by atoms with van der Waals surface area (Å²) in [5.74, 6) is -3.21. The van der Waals surface area contributed by atoms with Crippen LogP contribution in [0.5, 0.6) is 5.75 Å². The normalized spacial score (nSPS) is 14.5. The van der Waals surface area contributed by atoms with Gasteiger partial charge in [0.15, 0.2) is 0 Å². The van der Waals surface area contributed by atoms with Crippen LogP contribution >= 0.6 is 0 Å². The molecule has 0 aliphatic rings. The van der Waals surface area contributed by atoms with Crippen LogP contribution in [0.1, 0.15) is 23.3 Å². The van der Waals surface area contributed by atoms with Crippen LogP contribution in [-0.4, -0.2) is 23.2 Å². The molecule has 2 aromatic rings. The Balaban J connectivity index is 2.24. The Kier molecular flexibility index (Phi) is 4.55. The van der Waals surface area contributed by atoms with E-state index in [9.17, 15) is 19.0 Å². The van der Waals surface area contributed by atoms with E-state index in [1.807, 2.05) is 0 Å². The standard InChI is InChI=1S/C16H16F2O3/c1-21-13-9-7-12(8-10-13)15(20)16(17,18)14(19)11-5-3-2-4-6-11/h2-10,14-15,19-20H,1H3/t14-,15-/m0/s1. The van der Waals surface area contributed by atoms with Gasteiger partial charge in [-0.25, -0.2) is 8.78 Å². The van der Waals surface area contributed by atoms with Crippen molar-refractivity contribution in [3.8, 4) is 5.75 Å². The molecule has 0 aliphatic carbocycles. The van der Waals surface area contributed by atoms with Crippen LogP contribution < -0.4 is 4.74 Å². The number of ether oxygens (including phenoxy) is 1. The maximum Gasteiger partial charge on any atom is 0.306 e. The van der Waals surface area contributed by atoms with Crippen molar-refractivity contribution >= 4 is 0 Å². The molecule has 0 unspecified atom stereocenters. The smallest absolute Gasteiger partial charge is 0.306 e. The quantitative estimate of drug-likeness (QED) is 0.891. The summed E-state index contributed by atoms with van der Waals surface area (Å²) in [7, 11) is 1.46. The van der Waals surface area contributed by atoms with E-state index in [0.29, 0.717) is 5.75 Å². The van der Waals surface area contributed by atoms with Crippen molar-refractivity contribution in [2.24, 2.45) is 0 Å². The topological polar surface area (TPSA) is 49.7 Å². The molecule has 0 spiro atoms. The third-order valence-electron chi connectivity index (χ3n) is 3.28. The molecule has 21 heavy (non-hydrogen) atoms. The molecule has 0 fully saturated rings. The number of benzene rings is 2. The lowest BCUT2D eigenvalue weighted by Gasteiger charge is -2.28. The Morgan fingerprint density at radius 3 is 1.81 bits per heavy atom. The lowest BCUT2D eigenvalue weighted by atomic mass is 9.95. The first-order valence-corrected chi connectivity index (χ1v) is 6.39. The van der Waals surface area contributed by atoms with Crippen molar-refractivity contribution in [3.05, 3.63) is 65.7 Å². The lowest BCUT2D eigenvalue weighted by molar-refractivity contribution is -0.181. The summed E-state index contributed by atoms with van der Waals surface area (Å²) >= 11 is 0. The Labute approximate surface area is 121 Å². The summed E-state index contributed by atoms with van der Waals surface area (Å²) in [4.78, 5) is 0. The van der Waals surface area contributed by atoms with Gasteiger partial charge in [-0.1, -0.05) is 42.5 Å². The summed E-state index contributed by atoms with van der Waals surface area (Å²) < 4.78 is 33.4. The zero-order valence-electron chi connectivity index (χ0n) is 11.4. The summed E-state index contributed by atoms with van der Waals surface area (Å²) in [6.07, 6.45) is -4.20. The highest BCUT2D eigenvalue weighted by molar-refractivity contribution is 5.30. The molecule has 0 bridgehead atoms. The first-order chi connectivity index (χ1) is 9.96. The van der Waals surface area contributed by atoms with Crippen LogP contribution in [0.4, 0.5) is 8.78 Å². The number of aliphatic hydroxyl groups is 2. The molecule has 2 rings (SSSR count). The van der Waals surface area contributed by atoms with E-state index in [1.165, 1.54) is 43.5 Å². The SMILES string of the molecule is COc1ccc([C@H](O)C(F)(F)[C@@H](O)c2ccccc2)cc1. The average molecular weight is 294 g/mol. The minimum atomic E-state index is -3.71. The van der Waals surface area contributed by atoms with Crippen molar-refractivity contribution in [2.75, 3.05) is 7.11 Å². The molecule has 0 aromatic heterocycles. The van der Waals surface area contributed by atoms with E-state index in [1.54, 1.807) is 18.2 Å². The highest BCUT2D eigenvalue weighted by atomic mass is 19.3. The van der Waals surface area contributed by atoms with Gasteiger partial charge in [-0.2, -0.15) is 0 Å². The monoisotopic (exact) mass is 294 g/mol. The van der Waals surface area contributed by atoms with Gasteiger partial charge in [0.25, 0.3) is 0 Å². The molecule has 0 saturated carbocycles. The number of hydrogen-bond donors (Lipinski definition) is 2. The number of aliphatic hydroxyl groups excluding tert-OH is 2. The fraction of sp³-hybridized carbons (Fsp3) is 0.250. The molecule has 0 amide bonds. The van der Waals surface area contributed by atoms with Crippen molar-refractivity contribution in [3.63, 3.8) is 0 Å². The second-order valence-electron chi connectivity index (χ2n) is 4.66. The van der Waals surface area contributed by atoms with Crippen molar-refractivity contribution in [1.82, 2.24) is 0 Å². The first kappa shape index (κ1) is 15.4. The highest BCUT2D eigenvalue weighted by Crippen LogP contribution is 2.41.